The molecule has 0 aromatic rings. The van der Waals surface area contributed by atoms with Crippen LogP contribution in [0, 0.1) is 5.92 Å². The van der Waals surface area contributed by atoms with E-state index in [-0.39, 0.29) is 11.9 Å². The van der Waals surface area contributed by atoms with Crippen molar-refractivity contribution in [3.8, 4) is 0 Å². The molecule has 0 aliphatic heterocycles. The Kier molecular flexibility index (Phi) is 4.94. The van der Waals surface area contributed by atoms with Gasteiger partial charge in [0, 0.05) is 19.0 Å². The summed E-state index contributed by atoms with van der Waals surface area (Å²) in [4.78, 5) is 11.3. The number of amides is 1. The number of nitrogens with two attached hydrogens (primary N) is 1. The Morgan fingerprint density at radius 1 is 1.57 bits per heavy atom. The lowest BCUT2D eigenvalue weighted by Gasteiger charge is -2.25. The van der Waals surface area contributed by atoms with Crippen LogP contribution < -0.4 is 11.1 Å². The Morgan fingerprint density at radius 3 is 2.79 bits per heavy atom. The van der Waals surface area contributed by atoms with Gasteiger partial charge in [0.15, 0.2) is 0 Å². The van der Waals surface area contributed by atoms with E-state index in [1.165, 1.54) is 19.3 Å². The van der Waals surface area contributed by atoms with Crippen molar-refractivity contribution in [1.82, 2.24) is 5.32 Å². The first-order chi connectivity index (χ1) is 6.68. The molecule has 0 aromatic heterocycles. The van der Waals surface area contributed by atoms with Crippen LogP contribution in [-0.4, -0.2) is 18.5 Å². The normalized spacial score (nSPS) is 18.7. The molecule has 0 aromatic carbocycles. The third-order valence-electron chi connectivity index (χ3n) is 2.88. The Hall–Kier alpha value is -0.570. The summed E-state index contributed by atoms with van der Waals surface area (Å²) in [6.07, 6.45) is 6.41. The molecule has 1 aliphatic carbocycles. The maximum absolute atomic E-state index is 11.3. The summed E-state index contributed by atoms with van der Waals surface area (Å²) in [6.45, 7) is 2.86. The second kappa shape index (κ2) is 6.02. The number of hydrogen-bond donors (Lipinski definition) is 2. The van der Waals surface area contributed by atoms with E-state index in [0.717, 1.165) is 25.3 Å². The maximum Gasteiger partial charge on any atom is 0.220 e. The summed E-state index contributed by atoms with van der Waals surface area (Å²) in [6, 6.07) is 0.217. The summed E-state index contributed by atoms with van der Waals surface area (Å²) in [5.41, 5.74) is 5.60. The molecule has 3 N–H and O–H groups in total. The van der Waals surface area contributed by atoms with Crippen molar-refractivity contribution in [1.29, 1.82) is 0 Å². The lowest BCUT2D eigenvalue weighted by atomic mass is 9.85. The zero-order chi connectivity index (χ0) is 10.4. The van der Waals surface area contributed by atoms with E-state index in [2.05, 4.69) is 5.32 Å². The first-order valence-corrected chi connectivity index (χ1v) is 5.70. The first-order valence-electron chi connectivity index (χ1n) is 5.70. The molecule has 3 heteroatoms. The van der Waals surface area contributed by atoms with Gasteiger partial charge in [0.05, 0.1) is 0 Å². The van der Waals surface area contributed by atoms with Gasteiger partial charge >= 0.3 is 0 Å². The van der Waals surface area contributed by atoms with Gasteiger partial charge in [-0.15, -0.1) is 0 Å². The number of carbonyl (C=O) groups is 1. The van der Waals surface area contributed by atoms with E-state index in [1.807, 2.05) is 6.92 Å². The van der Waals surface area contributed by atoms with Crippen LogP contribution >= 0.6 is 0 Å². The zero-order valence-corrected chi connectivity index (χ0v) is 9.09. The third kappa shape index (κ3) is 4.61. The molecule has 1 aliphatic rings. The maximum atomic E-state index is 11.3. The SMILES string of the molecule is CC(N)CCCC(=O)NCC1CCC1. The van der Waals surface area contributed by atoms with Crippen LogP contribution in [0.5, 0.6) is 0 Å². The molecular weight excluding hydrogens is 176 g/mol. The molecule has 0 bridgehead atoms. The molecule has 1 unspecified atom stereocenters. The summed E-state index contributed by atoms with van der Waals surface area (Å²) >= 11 is 0. The van der Waals surface area contributed by atoms with E-state index < -0.39 is 0 Å². The zero-order valence-electron chi connectivity index (χ0n) is 9.09. The van der Waals surface area contributed by atoms with E-state index in [4.69, 9.17) is 5.73 Å². The molecule has 1 saturated carbocycles. The standard InChI is InChI=1S/C11H22N2O/c1-9(12)4-2-7-11(14)13-8-10-5-3-6-10/h9-10H,2-8,12H2,1H3,(H,13,14). The molecule has 1 rings (SSSR count). The van der Waals surface area contributed by atoms with Crippen molar-refractivity contribution in [3.05, 3.63) is 0 Å². The van der Waals surface area contributed by atoms with Crippen molar-refractivity contribution in [2.45, 2.75) is 51.5 Å². The highest BCUT2D eigenvalue weighted by Crippen LogP contribution is 2.25. The highest BCUT2D eigenvalue weighted by Gasteiger charge is 2.17. The molecule has 0 heterocycles. The van der Waals surface area contributed by atoms with Crippen LogP contribution in [0.25, 0.3) is 0 Å². The number of nitrogens with one attached hydrogen (secondary N) is 1. The van der Waals surface area contributed by atoms with Crippen molar-refractivity contribution in [2.75, 3.05) is 6.54 Å². The molecule has 3 nitrogen and oxygen atoms in total. The Morgan fingerprint density at radius 2 is 2.29 bits per heavy atom. The molecule has 0 spiro atoms. The number of hydrogen-bond acceptors (Lipinski definition) is 2. The van der Waals surface area contributed by atoms with Crippen molar-refractivity contribution < 1.29 is 4.79 Å². The lowest BCUT2D eigenvalue weighted by molar-refractivity contribution is -0.121. The van der Waals surface area contributed by atoms with Crippen LogP contribution in [0.3, 0.4) is 0 Å². The van der Waals surface area contributed by atoms with Gasteiger partial charge in [-0.2, -0.15) is 0 Å². The fraction of sp³-hybridized carbons (Fsp3) is 0.909. The van der Waals surface area contributed by atoms with Gasteiger partial charge in [-0.05, 0) is 38.5 Å². The second-order valence-corrected chi connectivity index (χ2v) is 4.47. The minimum absolute atomic E-state index is 0.192. The molecule has 0 radical (unpaired) electrons. The van der Waals surface area contributed by atoms with Crippen LogP contribution in [0.1, 0.15) is 45.4 Å². The highest BCUT2D eigenvalue weighted by molar-refractivity contribution is 5.75. The minimum atomic E-state index is 0.192. The van der Waals surface area contributed by atoms with Gasteiger partial charge in [-0.3, -0.25) is 4.79 Å². The minimum Gasteiger partial charge on any atom is -0.356 e. The first kappa shape index (κ1) is 11.5. The van der Waals surface area contributed by atoms with Crippen LogP contribution in [0.2, 0.25) is 0 Å². The predicted molar refractivity (Wildman–Crippen MR) is 57.9 cm³/mol. The van der Waals surface area contributed by atoms with Crippen LogP contribution in [0.15, 0.2) is 0 Å². The second-order valence-electron chi connectivity index (χ2n) is 4.47. The largest absolute Gasteiger partial charge is 0.356 e. The number of carbonyl (C=O) groups excluding carboxylic acids is 1. The summed E-state index contributed by atoms with van der Waals surface area (Å²) < 4.78 is 0. The van der Waals surface area contributed by atoms with Crippen LogP contribution in [0.4, 0.5) is 0 Å². The molecule has 0 saturated heterocycles. The summed E-state index contributed by atoms with van der Waals surface area (Å²) in [7, 11) is 0. The van der Waals surface area contributed by atoms with Gasteiger partial charge in [0.25, 0.3) is 0 Å². The summed E-state index contributed by atoms with van der Waals surface area (Å²) in [5, 5.41) is 2.98. The summed E-state index contributed by atoms with van der Waals surface area (Å²) in [5.74, 6) is 0.949. The van der Waals surface area contributed by atoms with E-state index in [9.17, 15) is 4.79 Å². The van der Waals surface area contributed by atoms with E-state index in [1.54, 1.807) is 0 Å². The van der Waals surface area contributed by atoms with Crippen LogP contribution in [-0.2, 0) is 4.79 Å². The third-order valence-corrected chi connectivity index (χ3v) is 2.88. The number of rotatable bonds is 6. The van der Waals surface area contributed by atoms with Gasteiger partial charge < -0.3 is 11.1 Å². The quantitative estimate of drug-likeness (QED) is 0.678. The van der Waals surface area contributed by atoms with Gasteiger partial charge in [0.1, 0.15) is 0 Å². The average molecular weight is 198 g/mol. The van der Waals surface area contributed by atoms with Crippen molar-refractivity contribution >= 4 is 5.91 Å². The Balaban J connectivity index is 1.92. The fourth-order valence-corrected chi connectivity index (χ4v) is 1.63. The molecule has 1 atom stereocenters. The van der Waals surface area contributed by atoms with Gasteiger partial charge in [0.2, 0.25) is 5.91 Å². The fourth-order valence-electron chi connectivity index (χ4n) is 1.63. The van der Waals surface area contributed by atoms with Gasteiger partial charge in [-0.1, -0.05) is 6.42 Å². The van der Waals surface area contributed by atoms with Gasteiger partial charge in [-0.25, -0.2) is 0 Å². The topological polar surface area (TPSA) is 55.1 Å². The highest BCUT2D eigenvalue weighted by atomic mass is 16.1. The molecule has 82 valence electrons. The Bertz CT molecular complexity index is 176. The molecular formula is C11H22N2O. The van der Waals surface area contributed by atoms with E-state index in [0.29, 0.717) is 6.42 Å². The van der Waals surface area contributed by atoms with Crippen molar-refractivity contribution in [2.24, 2.45) is 11.7 Å². The molecule has 14 heavy (non-hydrogen) atoms. The Labute approximate surface area is 86.4 Å². The monoisotopic (exact) mass is 198 g/mol. The smallest absolute Gasteiger partial charge is 0.220 e. The molecule has 1 amide bonds. The average Bonchev–Trinajstić information content (AvgIpc) is 2.00. The van der Waals surface area contributed by atoms with E-state index >= 15 is 0 Å². The lowest BCUT2D eigenvalue weighted by Crippen LogP contribution is -2.32. The molecule has 1 fully saturated rings. The predicted octanol–water partition coefficient (Wildman–Crippen LogP) is 1.42. The van der Waals surface area contributed by atoms with Crippen molar-refractivity contribution in [3.63, 3.8) is 0 Å².